The summed E-state index contributed by atoms with van der Waals surface area (Å²) in [6, 6.07) is 0.396. The van der Waals surface area contributed by atoms with Crippen LogP contribution in [-0.4, -0.2) is 52.5 Å². The standard InChI is InChI=1S/C12H20N6O2/c1-3-13-11-10(18(19)20)12(16-8-15-11)14-7-9-5-4-6-17(9)2/h8-9H,3-7H2,1-2H3,(H2,13,14,15,16). The number of nitrogens with zero attached hydrogens (tertiary/aromatic N) is 4. The number of nitrogens with one attached hydrogen (secondary N) is 2. The molecule has 1 saturated heterocycles. The van der Waals surface area contributed by atoms with Gasteiger partial charge in [-0.15, -0.1) is 0 Å². The van der Waals surface area contributed by atoms with Gasteiger partial charge in [-0.25, -0.2) is 9.97 Å². The van der Waals surface area contributed by atoms with Crippen LogP contribution in [0.15, 0.2) is 6.33 Å². The molecule has 8 nitrogen and oxygen atoms in total. The lowest BCUT2D eigenvalue weighted by Crippen LogP contribution is -2.32. The third-order valence-electron chi connectivity index (χ3n) is 3.53. The van der Waals surface area contributed by atoms with Crippen molar-refractivity contribution in [2.45, 2.75) is 25.8 Å². The molecule has 0 aliphatic carbocycles. The summed E-state index contributed by atoms with van der Waals surface area (Å²) >= 11 is 0. The molecule has 20 heavy (non-hydrogen) atoms. The van der Waals surface area contributed by atoms with Gasteiger partial charge < -0.3 is 15.5 Å². The molecule has 0 aromatic carbocycles. The first-order chi connectivity index (χ1) is 9.63. The SMILES string of the molecule is CCNc1ncnc(NCC2CCCN2C)c1[N+](=O)[O-]. The molecule has 2 rings (SSSR count). The zero-order valence-corrected chi connectivity index (χ0v) is 11.8. The Morgan fingerprint density at radius 3 is 2.70 bits per heavy atom. The number of hydrogen-bond acceptors (Lipinski definition) is 7. The quantitative estimate of drug-likeness (QED) is 0.599. The van der Waals surface area contributed by atoms with Crippen molar-refractivity contribution in [3.05, 3.63) is 16.4 Å². The van der Waals surface area contributed by atoms with E-state index in [2.05, 4.69) is 32.5 Å². The van der Waals surface area contributed by atoms with Crippen molar-refractivity contribution in [2.24, 2.45) is 0 Å². The summed E-state index contributed by atoms with van der Waals surface area (Å²) in [5, 5.41) is 17.2. The molecule has 1 unspecified atom stereocenters. The molecule has 8 heteroatoms. The van der Waals surface area contributed by atoms with Crippen molar-refractivity contribution < 1.29 is 4.92 Å². The van der Waals surface area contributed by atoms with Crippen LogP contribution >= 0.6 is 0 Å². The largest absolute Gasteiger partial charge is 0.364 e. The Labute approximate surface area is 117 Å². The van der Waals surface area contributed by atoms with Gasteiger partial charge in [-0.3, -0.25) is 10.1 Å². The summed E-state index contributed by atoms with van der Waals surface area (Å²) in [6.07, 6.45) is 3.60. The van der Waals surface area contributed by atoms with Gasteiger partial charge in [-0.2, -0.15) is 0 Å². The summed E-state index contributed by atoms with van der Waals surface area (Å²) < 4.78 is 0. The van der Waals surface area contributed by atoms with Crippen LogP contribution in [0.2, 0.25) is 0 Å². The summed E-state index contributed by atoms with van der Waals surface area (Å²) in [7, 11) is 2.07. The average Bonchev–Trinajstić information content (AvgIpc) is 2.82. The summed E-state index contributed by atoms with van der Waals surface area (Å²) in [5.41, 5.74) is -0.0880. The topological polar surface area (TPSA) is 96.2 Å². The van der Waals surface area contributed by atoms with Gasteiger partial charge in [0.25, 0.3) is 0 Å². The van der Waals surface area contributed by atoms with Crippen molar-refractivity contribution in [3.8, 4) is 0 Å². The predicted molar refractivity (Wildman–Crippen MR) is 77.0 cm³/mol. The first-order valence-corrected chi connectivity index (χ1v) is 6.80. The molecule has 1 aliphatic heterocycles. The van der Waals surface area contributed by atoms with Crippen LogP contribution in [0.5, 0.6) is 0 Å². The highest BCUT2D eigenvalue weighted by molar-refractivity contribution is 5.69. The fraction of sp³-hybridized carbons (Fsp3) is 0.667. The molecule has 2 N–H and O–H groups in total. The maximum Gasteiger partial charge on any atom is 0.353 e. The van der Waals surface area contributed by atoms with Gasteiger partial charge in [-0.05, 0) is 33.4 Å². The van der Waals surface area contributed by atoms with Gasteiger partial charge in [-0.1, -0.05) is 0 Å². The second-order valence-electron chi connectivity index (χ2n) is 4.86. The van der Waals surface area contributed by atoms with Crippen molar-refractivity contribution in [3.63, 3.8) is 0 Å². The molecule has 1 fully saturated rings. The van der Waals surface area contributed by atoms with Crippen LogP contribution < -0.4 is 10.6 Å². The van der Waals surface area contributed by atoms with Gasteiger partial charge in [0.2, 0.25) is 11.6 Å². The van der Waals surface area contributed by atoms with E-state index in [9.17, 15) is 10.1 Å². The van der Waals surface area contributed by atoms with Gasteiger partial charge in [0.15, 0.2) is 0 Å². The molecule has 0 bridgehead atoms. The molecular formula is C12H20N6O2. The molecule has 0 saturated carbocycles. The molecular weight excluding hydrogens is 260 g/mol. The molecule has 0 amide bonds. The molecule has 0 radical (unpaired) electrons. The first kappa shape index (κ1) is 14.4. The lowest BCUT2D eigenvalue weighted by Gasteiger charge is -2.20. The number of likely N-dealkylation sites (N-methyl/N-ethyl adjacent to an activating group) is 1. The van der Waals surface area contributed by atoms with Gasteiger partial charge in [0, 0.05) is 19.1 Å². The predicted octanol–water partition coefficient (Wildman–Crippen LogP) is 1.32. The number of anilines is 2. The average molecular weight is 280 g/mol. The lowest BCUT2D eigenvalue weighted by atomic mass is 10.2. The maximum absolute atomic E-state index is 11.2. The van der Waals surface area contributed by atoms with Gasteiger partial charge in [0.1, 0.15) is 6.33 Å². The zero-order valence-electron chi connectivity index (χ0n) is 11.8. The van der Waals surface area contributed by atoms with E-state index in [1.807, 2.05) is 6.92 Å². The Kier molecular flexibility index (Phi) is 4.67. The highest BCUT2D eigenvalue weighted by atomic mass is 16.6. The normalized spacial score (nSPS) is 19.0. The number of rotatable bonds is 6. The van der Waals surface area contributed by atoms with E-state index >= 15 is 0 Å². The van der Waals surface area contributed by atoms with Crippen molar-refractivity contribution in [2.75, 3.05) is 37.3 Å². The summed E-state index contributed by atoms with van der Waals surface area (Å²) in [6.45, 7) is 4.16. The Morgan fingerprint density at radius 2 is 2.15 bits per heavy atom. The maximum atomic E-state index is 11.2. The van der Waals surface area contributed by atoms with E-state index in [0.29, 0.717) is 19.1 Å². The third-order valence-corrected chi connectivity index (χ3v) is 3.53. The smallest absolute Gasteiger partial charge is 0.353 e. The molecule has 1 atom stereocenters. The van der Waals surface area contributed by atoms with E-state index in [1.165, 1.54) is 6.33 Å². The van der Waals surface area contributed by atoms with Crippen LogP contribution in [0, 0.1) is 10.1 Å². The van der Waals surface area contributed by atoms with E-state index < -0.39 is 4.92 Å². The summed E-state index contributed by atoms with van der Waals surface area (Å²) in [5.74, 6) is 0.538. The first-order valence-electron chi connectivity index (χ1n) is 6.80. The number of nitro groups is 1. The monoisotopic (exact) mass is 280 g/mol. The minimum Gasteiger partial charge on any atom is -0.364 e. The Hall–Kier alpha value is -1.96. The van der Waals surface area contributed by atoms with E-state index in [1.54, 1.807) is 0 Å². The fourth-order valence-electron chi connectivity index (χ4n) is 2.43. The van der Waals surface area contributed by atoms with Crippen LogP contribution in [0.3, 0.4) is 0 Å². The van der Waals surface area contributed by atoms with E-state index in [4.69, 9.17) is 0 Å². The van der Waals surface area contributed by atoms with Crippen LogP contribution in [-0.2, 0) is 0 Å². The highest BCUT2D eigenvalue weighted by Gasteiger charge is 2.25. The highest BCUT2D eigenvalue weighted by Crippen LogP contribution is 2.29. The zero-order chi connectivity index (χ0) is 14.5. The number of aromatic nitrogens is 2. The van der Waals surface area contributed by atoms with Gasteiger partial charge >= 0.3 is 5.69 Å². The van der Waals surface area contributed by atoms with Crippen molar-refractivity contribution in [1.29, 1.82) is 0 Å². The summed E-state index contributed by atoms with van der Waals surface area (Å²) in [4.78, 5) is 21.0. The van der Waals surface area contributed by atoms with Crippen molar-refractivity contribution >= 4 is 17.3 Å². The molecule has 110 valence electrons. The van der Waals surface area contributed by atoms with Crippen LogP contribution in [0.25, 0.3) is 0 Å². The number of hydrogen-bond donors (Lipinski definition) is 2. The molecule has 2 heterocycles. The lowest BCUT2D eigenvalue weighted by molar-refractivity contribution is -0.383. The number of likely N-dealkylation sites (tertiary alicyclic amines) is 1. The van der Waals surface area contributed by atoms with E-state index in [-0.39, 0.29) is 17.3 Å². The Bertz CT molecular complexity index is 481. The minimum absolute atomic E-state index is 0.0880. The van der Waals surface area contributed by atoms with Crippen LogP contribution in [0.4, 0.5) is 17.3 Å². The molecule has 1 aromatic heterocycles. The third kappa shape index (κ3) is 3.13. The van der Waals surface area contributed by atoms with E-state index in [0.717, 1.165) is 19.4 Å². The molecule has 1 aliphatic rings. The minimum atomic E-state index is -0.446. The Morgan fingerprint density at radius 1 is 1.45 bits per heavy atom. The fourth-order valence-corrected chi connectivity index (χ4v) is 2.43. The Balaban J connectivity index is 2.13. The molecule has 0 spiro atoms. The van der Waals surface area contributed by atoms with Crippen LogP contribution in [0.1, 0.15) is 19.8 Å². The molecule has 1 aromatic rings. The second kappa shape index (κ2) is 6.47. The second-order valence-corrected chi connectivity index (χ2v) is 4.86. The van der Waals surface area contributed by atoms with Crippen molar-refractivity contribution in [1.82, 2.24) is 14.9 Å². The van der Waals surface area contributed by atoms with Gasteiger partial charge in [0.05, 0.1) is 4.92 Å².